The average molecular weight is 453 g/mol. The van der Waals surface area contributed by atoms with E-state index in [9.17, 15) is 4.79 Å². The molecule has 0 N–H and O–H groups in total. The van der Waals surface area contributed by atoms with Crippen LogP contribution in [0.25, 0.3) is 6.08 Å². The van der Waals surface area contributed by atoms with Gasteiger partial charge >= 0.3 is 0 Å². The number of thioether (sulfide) groups is 1. The number of amides is 1. The SMILES string of the molecule is CCOc1cc(/C=C2/SC(=Nc3cc(C)ccc3C)N(CC)C2=O)ccc1OCC(C)C. The highest BCUT2D eigenvalue weighted by molar-refractivity contribution is 8.18. The third-order valence-electron chi connectivity index (χ3n) is 4.92. The smallest absolute Gasteiger partial charge is 0.266 e. The zero-order valence-electron chi connectivity index (χ0n) is 19.8. The molecule has 1 amide bonds. The van der Waals surface area contributed by atoms with E-state index in [4.69, 9.17) is 14.5 Å². The van der Waals surface area contributed by atoms with Crippen LogP contribution in [0.4, 0.5) is 5.69 Å². The van der Waals surface area contributed by atoms with Gasteiger partial charge in [0.25, 0.3) is 5.91 Å². The fourth-order valence-electron chi connectivity index (χ4n) is 3.22. The van der Waals surface area contributed by atoms with Crippen LogP contribution in [-0.2, 0) is 4.79 Å². The first-order valence-corrected chi connectivity index (χ1v) is 11.9. The van der Waals surface area contributed by atoms with Crippen molar-refractivity contribution < 1.29 is 14.3 Å². The van der Waals surface area contributed by atoms with E-state index in [1.807, 2.05) is 58.0 Å². The molecule has 6 heteroatoms. The Morgan fingerprint density at radius 1 is 1.06 bits per heavy atom. The van der Waals surface area contributed by atoms with E-state index in [1.165, 1.54) is 11.8 Å². The van der Waals surface area contributed by atoms with Gasteiger partial charge in [0.15, 0.2) is 16.7 Å². The van der Waals surface area contributed by atoms with Crippen molar-refractivity contribution in [3.05, 3.63) is 58.0 Å². The summed E-state index contributed by atoms with van der Waals surface area (Å²) in [6, 6.07) is 12.0. The zero-order valence-corrected chi connectivity index (χ0v) is 20.6. The van der Waals surface area contributed by atoms with Crippen LogP contribution in [0.2, 0.25) is 0 Å². The van der Waals surface area contributed by atoms with E-state index in [1.54, 1.807) is 4.90 Å². The molecule has 1 saturated heterocycles. The molecule has 0 spiro atoms. The predicted molar refractivity (Wildman–Crippen MR) is 134 cm³/mol. The molecule has 3 rings (SSSR count). The Hall–Kier alpha value is -2.73. The van der Waals surface area contributed by atoms with Gasteiger partial charge in [0.05, 0.1) is 23.8 Å². The van der Waals surface area contributed by atoms with Gasteiger partial charge in [-0.2, -0.15) is 0 Å². The van der Waals surface area contributed by atoms with Crippen LogP contribution in [-0.4, -0.2) is 35.7 Å². The molecule has 170 valence electrons. The summed E-state index contributed by atoms with van der Waals surface area (Å²) in [7, 11) is 0. The molecule has 1 heterocycles. The van der Waals surface area contributed by atoms with Crippen molar-refractivity contribution in [2.24, 2.45) is 10.9 Å². The van der Waals surface area contributed by atoms with Crippen molar-refractivity contribution in [2.75, 3.05) is 19.8 Å². The lowest BCUT2D eigenvalue weighted by Crippen LogP contribution is -2.28. The molecule has 0 radical (unpaired) electrons. The second kappa shape index (κ2) is 10.7. The highest BCUT2D eigenvalue weighted by Gasteiger charge is 2.32. The van der Waals surface area contributed by atoms with Crippen molar-refractivity contribution in [3.63, 3.8) is 0 Å². The third-order valence-corrected chi connectivity index (χ3v) is 5.93. The number of nitrogens with zero attached hydrogens (tertiary/aromatic N) is 2. The number of amidine groups is 1. The number of hydrogen-bond acceptors (Lipinski definition) is 5. The summed E-state index contributed by atoms with van der Waals surface area (Å²) < 4.78 is 11.7. The number of aliphatic imine (C=N–C) groups is 1. The Morgan fingerprint density at radius 2 is 1.84 bits per heavy atom. The first-order valence-electron chi connectivity index (χ1n) is 11.1. The maximum Gasteiger partial charge on any atom is 0.266 e. The molecule has 5 nitrogen and oxygen atoms in total. The van der Waals surface area contributed by atoms with Crippen LogP contribution in [0, 0.1) is 19.8 Å². The van der Waals surface area contributed by atoms with E-state index in [0.29, 0.717) is 41.5 Å². The Labute approximate surface area is 195 Å². The van der Waals surface area contributed by atoms with E-state index in [2.05, 4.69) is 26.0 Å². The fraction of sp³-hybridized carbons (Fsp3) is 0.385. The van der Waals surface area contributed by atoms with Gasteiger partial charge in [0.1, 0.15) is 0 Å². The lowest BCUT2D eigenvalue weighted by molar-refractivity contribution is -0.122. The number of carbonyl (C=O) groups excluding carboxylic acids is 1. The van der Waals surface area contributed by atoms with Crippen molar-refractivity contribution in [1.29, 1.82) is 0 Å². The molecular formula is C26H32N2O3S. The molecule has 0 aliphatic carbocycles. The second-order valence-electron chi connectivity index (χ2n) is 8.19. The molecule has 0 unspecified atom stereocenters. The molecule has 0 aromatic heterocycles. The highest BCUT2D eigenvalue weighted by atomic mass is 32.2. The van der Waals surface area contributed by atoms with Gasteiger partial charge in [-0.15, -0.1) is 0 Å². The number of ether oxygens (including phenoxy) is 2. The molecule has 2 aromatic carbocycles. The van der Waals surface area contributed by atoms with Crippen molar-refractivity contribution in [2.45, 2.75) is 41.5 Å². The largest absolute Gasteiger partial charge is 0.490 e. The number of hydrogen-bond donors (Lipinski definition) is 0. The summed E-state index contributed by atoms with van der Waals surface area (Å²) in [6.07, 6.45) is 1.90. The third kappa shape index (κ3) is 5.74. The molecule has 0 saturated carbocycles. The van der Waals surface area contributed by atoms with E-state index >= 15 is 0 Å². The average Bonchev–Trinajstić information content (AvgIpc) is 3.04. The van der Waals surface area contributed by atoms with Crippen LogP contribution >= 0.6 is 11.8 Å². The minimum absolute atomic E-state index is 0.0281. The van der Waals surface area contributed by atoms with Gasteiger partial charge < -0.3 is 9.47 Å². The van der Waals surface area contributed by atoms with Gasteiger partial charge in [-0.3, -0.25) is 9.69 Å². The lowest BCUT2D eigenvalue weighted by atomic mass is 10.1. The molecule has 1 fully saturated rings. The summed E-state index contributed by atoms with van der Waals surface area (Å²) in [5.41, 5.74) is 4.02. The molecule has 0 bridgehead atoms. The molecular weight excluding hydrogens is 420 g/mol. The summed E-state index contributed by atoms with van der Waals surface area (Å²) in [5.74, 6) is 1.81. The number of benzene rings is 2. The van der Waals surface area contributed by atoms with Crippen molar-refractivity contribution >= 4 is 34.6 Å². The summed E-state index contributed by atoms with van der Waals surface area (Å²) in [4.78, 5) is 20.2. The van der Waals surface area contributed by atoms with Gasteiger partial charge in [-0.05, 0) is 86.3 Å². The molecule has 32 heavy (non-hydrogen) atoms. The van der Waals surface area contributed by atoms with Crippen molar-refractivity contribution in [3.8, 4) is 11.5 Å². The molecule has 1 aliphatic rings. The Balaban J connectivity index is 1.91. The maximum atomic E-state index is 13.0. The second-order valence-corrected chi connectivity index (χ2v) is 9.20. The minimum Gasteiger partial charge on any atom is -0.490 e. The highest BCUT2D eigenvalue weighted by Crippen LogP contribution is 2.36. The molecule has 1 aliphatic heterocycles. The van der Waals surface area contributed by atoms with Crippen LogP contribution in [0.5, 0.6) is 11.5 Å². The van der Waals surface area contributed by atoms with Crippen molar-refractivity contribution in [1.82, 2.24) is 4.90 Å². The Bertz CT molecular complexity index is 1040. The number of carbonyl (C=O) groups is 1. The van der Waals surface area contributed by atoms with Crippen LogP contribution in [0.1, 0.15) is 44.4 Å². The van der Waals surface area contributed by atoms with Gasteiger partial charge in [-0.25, -0.2) is 4.99 Å². The fourth-order valence-corrected chi connectivity index (χ4v) is 4.28. The number of likely N-dealkylation sites (N-methyl/N-ethyl adjacent to an activating group) is 1. The topological polar surface area (TPSA) is 51.1 Å². The van der Waals surface area contributed by atoms with Crippen LogP contribution in [0.3, 0.4) is 0 Å². The number of aryl methyl sites for hydroxylation is 2. The maximum absolute atomic E-state index is 13.0. The van der Waals surface area contributed by atoms with Gasteiger partial charge in [0.2, 0.25) is 0 Å². The summed E-state index contributed by atoms with van der Waals surface area (Å²) >= 11 is 1.41. The number of rotatable bonds is 8. The van der Waals surface area contributed by atoms with E-state index in [0.717, 1.165) is 28.1 Å². The lowest BCUT2D eigenvalue weighted by Gasteiger charge is -2.14. The predicted octanol–water partition coefficient (Wildman–Crippen LogP) is 6.36. The normalized spacial score (nSPS) is 16.5. The minimum atomic E-state index is -0.0281. The monoisotopic (exact) mass is 452 g/mol. The molecule has 2 aromatic rings. The first-order chi connectivity index (χ1) is 15.3. The summed E-state index contributed by atoms with van der Waals surface area (Å²) in [6.45, 7) is 13.9. The van der Waals surface area contributed by atoms with Crippen LogP contribution in [0.15, 0.2) is 46.3 Å². The quantitative estimate of drug-likeness (QED) is 0.437. The van der Waals surface area contributed by atoms with Gasteiger partial charge in [-0.1, -0.05) is 32.0 Å². The first kappa shape index (κ1) is 23.9. The standard InChI is InChI=1S/C26H32N2O3S/c1-7-28-25(29)24(32-26(28)27-21-13-18(5)9-10-19(21)6)15-20-11-12-22(31-16-17(3)4)23(14-20)30-8-2/h9-15,17H,7-8,16H2,1-6H3/b24-15+,27-26?. The zero-order chi connectivity index (χ0) is 23.3. The van der Waals surface area contributed by atoms with Gasteiger partial charge in [0, 0.05) is 6.54 Å². The Kier molecular flexibility index (Phi) is 8.02. The summed E-state index contributed by atoms with van der Waals surface area (Å²) in [5, 5.41) is 0.708. The van der Waals surface area contributed by atoms with E-state index in [-0.39, 0.29) is 5.91 Å². The Morgan fingerprint density at radius 3 is 2.53 bits per heavy atom. The molecule has 0 atom stereocenters. The van der Waals surface area contributed by atoms with E-state index < -0.39 is 0 Å². The van der Waals surface area contributed by atoms with Crippen LogP contribution < -0.4 is 9.47 Å².